The average molecular weight is 185 g/mol. The maximum Gasteiger partial charge on any atom is 0.394 e. The van der Waals surface area contributed by atoms with Gasteiger partial charge in [0.25, 0.3) is 0 Å². The normalized spacial score (nSPS) is 23.5. The largest absolute Gasteiger partial charge is 0.474 e. The molecular weight excluding hydrogens is 170 g/mol. The Hall–Kier alpha value is -1.06. The number of likely N-dealkylation sites (tertiary alicyclic amines) is 1. The van der Waals surface area contributed by atoms with Gasteiger partial charge in [-0.2, -0.15) is 0 Å². The number of nitrogens with zero attached hydrogens (tertiary/aromatic N) is 1. The Bertz CT molecular complexity index is 268. The first kappa shape index (κ1) is 10.0. The van der Waals surface area contributed by atoms with E-state index in [0.717, 1.165) is 0 Å². The van der Waals surface area contributed by atoms with Crippen LogP contribution < -0.4 is 0 Å². The van der Waals surface area contributed by atoms with Crippen LogP contribution in [0.15, 0.2) is 0 Å². The average Bonchev–Trinajstić information content (AvgIpc) is 1.98. The number of carboxylic acids is 1. The van der Waals surface area contributed by atoms with Crippen molar-refractivity contribution >= 4 is 11.9 Å². The molecule has 1 heterocycles. The summed E-state index contributed by atoms with van der Waals surface area (Å²) in [5.74, 6) is -2.17. The standard InChI is InChI=1S/C9H15NO3/c1-8(2)5-10(9(8,3)4)6(11)7(12)13/h5H2,1-4H3,(H,12,13). The molecule has 0 aromatic carbocycles. The van der Waals surface area contributed by atoms with E-state index in [1.165, 1.54) is 4.90 Å². The lowest BCUT2D eigenvalue weighted by atomic mass is 9.65. The van der Waals surface area contributed by atoms with E-state index in [1.54, 1.807) is 0 Å². The van der Waals surface area contributed by atoms with Crippen molar-refractivity contribution in [1.29, 1.82) is 0 Å². The van der Waals surface area contributed by atoms with E-state index in [1.807, 2.05) is 27.7 Å². The van der Waals surface area contributed by atoms with Crippen LogP contribution in [0.4, 0.5) is 0 Å². The third-order valence-corrected chi connectivity index (χ3v) is 3.31. The molecule has 74 valence electrons. The lowest BCUT2D eigenvalue weighted by molar-refractivity contribution is -0.178. The molecule has 1 fully saturated rings. The summed E-state index contributed by atoms with van der Waals surface area (Å²) in [6.45, 7) is 8.34. The smallest absolute Gasteiger partial charge is 0.394 e. The molecule has 0 unspecified atom stereocenters. The number of hydrogen-bond acceptors (Lipinski definition) is 2. The van der Waals surface area contributed by atoms with Crippen LogP contribution in [0.5, 0.6) is 0 Å². The summed E-state index contributed by atoms with van der Waals surface area (Å²) < 4.78 is 0. The molecule has 1 aliphatic rings. The van der Waals surface area contributed by atoms with E-state index in [4.69, 9.17) is 5.11 Å². The molecule has 0 spiro atoms. The first-order valence-corrected chi connectivity index (χ1v) is 4.25. The van der Waals surface area contributed by atoms with Crippen LogP contribution in [-0.2, 0) is 9.59 Å². The summed E-state index contributed by atoms with van der Waals surface area (Å²) in [5.41, 5.74) is -0.361. The van der Waals surface area contributed by atoms with Crippen molar-refractivity contribution in [1.82, 2.24) is 4.90 Å². The minimum atomic E-state index is -1.37. The van der Waals surface area contributed by atoms with E-state index in [0.29, 0.717) is 6.54 Å². The van der Waals surface area contributed by atoms with Crippen molar-refractivity contribution in [2.24, 2.45) is 5.41 Å². The van der Waals surface area contributed by atoms with Gasteiger partial charge in [0, 0.05) is 17.5 Å². The van der Waals surface area contributed by atoms with Crippen molar-refractivity contribution in [3.8, 4) is 0 Å². The zero-order valence-corrected chi connectivity index (χ0v) is 8.42. The van der Waals surface area contributed by atoms with E-state index in [2.05, 4.69) is 0 Å². The zero-order valence-electron chi connectivity index (χ0n) is 8.42. The van der Waals surface area contributed by atoms with Crippen LogP contribution in [0, 0.1) is 5.41 Å². The highest BCUT2D eigenvalue weighted by atomic mass is 16.4. The van der Waals surface area contributed by atoms with E-state index < -0.39 is 11.9 Å². The molecule has 0 aromatic rings. The first-order valence-electron chi connectivity index (χ1n) is 4.25. The van der Waals surface area contributed by atoms with Crippen LogP contribution in [-0.4, -0.2) is 34.0 Å². The predicted octanol–water partition coefficient (Wildman–Crippen LogP) is 0.718. The molecule has 0 radical (unpaired) electrons. The van der Waals surface area contributed by atoms with E-state index in [-0.39, 0.29) is 11.0 Å². The fraction of sp³-hybridized carbons (Fsp3) is 0.778. The number of amides is 1. The van der Waals surface area contributed by atoms with Crippen molar-refractivity contribution < 1.29 is 14.7 Å². The summed E-state index contributed by atoms with van der Waals surface area (Å²) in [6, 6.07) is 0. The monoisotopic (exact) mass is 185 g/mol. The van der Waals surface area contributed by atoms with E-state index in [9.17, 15) is 9.59 Å². The second kappa shape index (κ2) is 2.47. The van der Waals surface area contributed by atoms with Crippen LogP contribution in [0.2, 0.25) is 0 Å². The van der Waals surface area contributed by atoms with Gasteiger partial charge in [0.1, 0.15) is 0 Å². The second-order valence-electron chi connectivity index (χ2n) is 4.64. The van der Waals surface area contributed by atoms with Gasteiger partial charge in [0.05, 0.1) is 0 Å². The minimum absolute atomic E-state index is 0.00187. The van der Waals surface area contributed by atoms with Crippen molar-refractivity contribution in [3.05, 3.63) is 0 Å². The molecule has 13 heavy (non-hydrogen) atoms. The molecule has 1 saturated heterocycles. The Labute approximate surface area is 77.5 Å². The van der Waals surface area contributed by atoms with Crippen molar-refractivity contribution in [2.75, 3.05) is 6.54 Å². The number of aliphatic carboxylic acids is 1. The second-order valence-corrected chi connectivity index (χ2v) is 4.64. The maximum absolute atomic E-state index is 11.2. The van der Waals surface area contributed by atoms with Crippen LogP contribution in [0.25, 0.3) is 0 Å². The van der Waals surface area contributed by atoms with Crippen molar-refractivity contribution in [2.45, 2.75) is 33.2 Å². The van der Waals surface area contributed by atoms with Gasteiger partial charge >= 0.3 is 11.9 Å². The predicted molar refractivity (Wildman–Crippen MR) is 47.2 cm³/mol. The Kier molecular flexibility index (Phi) is 1.90. The molecule has 0 atom stereocenters. The number of rotatable bonds is 0. The molecule has 0 saturated carbocycles. The molecular formula is C9H15NO3. The molecule has 1 amide bonds. The van der Waals surface area contributed by atoms with Crippen molar-refractivity contribution in [3.63, 3.8) is 0 Å². The van der Waals surface area contributed by atoms with Gasteiger partial charge in [0.2, 0.25) is 0 Å². The quantitative estimate of drug-likeness (QED) is 0.566. The molecule has 4 nitrogen and oxygen atoms in total. The molecule has 0 aliphatic carbocycles. The van der Waals surface area contributed by atoms with Crippen LogP contribution in [0.3, 0.4) is 0 Å². The SMILES string of the molecule is CC1(C)CN(C(=O)C(=O)O)C1(C)C. The Morgan fingerprint density at radius 1 is 1.23 bits per heavy atom. The Morgan fingerprint density at radius 3 is 1.92 bits per heavy atom. The molecule has 4 heteroatoms. The summed E-state index contributed by atoms with van der Waals surface area (Å²) in [6.07, 6.45) is 0. The van der Waals surface area contributed by atoms with Gasteiger partial charge in [-0.25, -0.2) is 4.79 Å². The molecule has 0 bridgehead atoms. The van der Waals surface area contributed by atoms with E-state index >= 15 is 0 Å². The van der Waals surface area contributed by atoms with Gasteiger partial charge in [0.15, 0.2) is 0 Å². The lowest BCUT2D eigenvalue weighted by Crippen LogP contribution is -2.71. The van der Waals surface area contributed by atoms with Gasteiger partial charge in [-0.3, -0.25) is 4.79 Å². The minimum Gasteiger partial charge on any atom is -0.474 e. The lowest BCUT2D eigenvalue weighted by Gasteiger charge is -2.60. The molecule has 1 N–H and O–H groups in total. The third kappa shape index (κ3) is 1.20. The van der Waals surface area contributed by atoms with Gasteiger partial charge in [-0.1, -0.05) is 13.8 Å². The summed E-state index contributed by atoms with van der Waals surface area (Å²) in [4.78, 5) is 23.0. The molecule has 0 aromatic heterocycles. The van der Waals surface area contributed by atoms with Gasteiger partial charge in [-0.05, 0) is 13.8 Å². The van der Waals surface area contributed by atoms with Gasteiger partial charge in [-0.15, -0.1) is 0 Å². The fourth-order valence-corrected chi connectivity index (χ4v) is 1.50. The zero-order chi connectivity index (χ0) is 10.4. The maximum atomic E-state index is 11.2. The highest BCUT2D eigenvalue weighted by Crippen LogP contribution is 2.46. The number of hydrogen-bond donors (Lipinski definition) is 1. The summed E-state index contributed by atoms with van der Waals surface area (Å²) in [7, 11) is 0. The topological polar surface area (TPSA) is 57.6 Å². The number of carboxylic acid groups (broad SMARTS) is 1. The highest BCUT2D eigenvalue weighted by Gasteiger charge is 2.55. The fourth-order valence-electron chi connectivity index (χ4n) is 1.50. The molecule has 1 aliphatic heterocycles. The Morgan fingerprint density at radius 2 is 1.69 bits per heavy atom. The van der Waals surface area contributed by atoms with Crippen LogP contribution in [0.1, 0.15) is 27.7 Å². The first-order chi connectivity index (χ1) is 5.70. The number of carbonyl (C=O) groups is 2. The number of carbonyl (C=O) groups excluding carboxylic acids is 1. The molecule has 1 rings (SSSR count). The summed E-state index contributed by atoms with van der Waals surface area (Å²) >= 11 is 0. The van der Waals surface area contributed by atoms with Crippen LogP contribution >= 0.6 is 0 Å². The third-order valence-electron chi connectivity index (χ3n) is 3.31. The Balaban J connectivity index is 2.81. The summed E-state index contributed by atoms with van der Waals surface area (Å²) in [5, 5.41) is 8.53. The van der Waals surface area contributed by atoms with Gasteiger partial charge < -0.3 is 10.0 Å². The highest BCUT2D eigenvalue weighted by molar-refractivity contribution is 6.31.